The van der Waals surface area contributed by atoms with Gasteiger partial charge >= 0.3 is 0 Å². The first kappa shape index (κ1) is 16.6. The van der Waals surface area contributed by atoms with Crippen LogP contribution >= 0.6 is 0 Å². The molecule has 1 aliphatic rings. The normalized spacial score (nSPS) is 16.2. The van der Waals surface area contributed by atoms with Crippen molar-refractivity contribution in [3.05, 3.63) is 64.6 Å². The molecule has 0 aliphatic carbocycles. The van der Waals surface area contributed by atoms with Crippen LogP contribution in [0.2, 0.25) is 0 Å². The topological polar surface area (TPSA) is 90.0 Å². The van der Waals surface area contributed by atoms with Crippen molar-refractivity contribution in [2.45, 2.75) is 33.1 Å². The third-order valence-corrected chi connectivity index (χ3v) is 5.29. The minimum Gasteiger partial charge on any atom is -0.310 e. The van der Waals surface area contributed by atoms with Gasteiger partial charge in [-0.3, -0.25) is 4.79 Å². The van der Waals surface area contributed by atoms with Crippen molar-refractivity contribution in [2.24, 2.45) is 0 Å². The van der Waals surface area contributed by atoms with Crippen molar-refractivity contribution in [3.8, 4) is 5.82 Å². The highest BCUT2D eigenvalue weighted by Gasteiger charge is 2.33. The fourth-order valence-corrected chi connectivity index (χ4v) is 3.96. The number of benzene rings is 1. The third kappa shape index (κ3) is 2.41. The summed E-state index contributed by atoms with van der Waals surface area (Å²) in [5.41, 5.74) is 4.90. The lowest BCUT2D eigenvalue weighted by molar-refractivity contribution is -0.116. The minimum absolute atomic E-state index is 0.0246. The number of amides is 1. The smallest absolute Gasteiger partial charge is 0.226 e. The van der Waals surface area contributed by atoms with Crippen molar-refractivity contribution in [1.82, 2.24) is 29.6 Å². The number of aromatic nitrogens is 6. The number of anilines is 1. The minimum atomic E-state index is -0.0286. The van der Waals surface area contributed by atoms with Gasteiger partial charge < -0.3 is 5.32 Å². The molecule has 1 atom stereocenters. The van der Waals surface area contributed by atoms with Crippen molar-refractivity contribution in [2.75, 3.05) is 5.32 Å². The summed E-state index contributed by atoms with van der Waals surface area (Å²) in [4.78, 5) is 12.5. The highest BCUT2D eigenvalue weighted by atomic mass is 16.1. The molecule has 1 N–H and O–H groups in total. The fourth-order valence-electron chi connectivity index (χ4n) is 3.96. The molecule has 0 spiro atoms. The van der Waals surface area contributed by atoms with Crippen LogP contribution in [0.4, 0.5) is 5.82 Å². The largest absolute Gasteiger partial charge is 0.310 e. The van der Waals surface area contributed by atoms with Crippen LogP contribution in [-0.2, 0) is 4.79 Å². The summed E-state index contributed by atoms with van der Waals surface area (Å²) in [6, 6.07) is 11.9. The highest BCUT2D eigenvalue weighted by Crippen LogP contribution is 2.40. The van der Waals surface area contributed by atoms with E-state index in [0.717, 1.165) is 16.8 Å². The zero-order valence-electron chi connectivity index (χ0n) is 15.8. The Morgan fingerprint density at radius 1 is 1.04 bits per heavy atom. The second-order valence-corrected chi connectivity index (χ2v) is 7.13. The lowest BCUT2D eigenvalue weighted by Gasteiger charge is -2.25. The van der Waals surface area contributed by atoms with E-state index < -0.39 is 0 Å². The molecule has 140 valence electrons. The van der Waals surface area contributed by atoms with E-state index in [1.54, 1.807) is 9.20 Å². The van der Waals surface area contributed by atoms with E-state index in [1.165, 1.54) is 5.56 Å². The maximum atomic E-state index is 12.5. The number of carbonyl (C=O) groups is 1. The number of carbonyl (C=O) groups excluding carboxylic acids is 1. The Kier molecular flexibility index (Phi) is 3.55. The summed E-state index contributed by atoms with van der Waals surface area (Å²) >= 11 is 0. The van der Waals surface area contributed by atoms with Gasteiger partial charge in [-0.2, -0.15) is 14.3 Å². The van der Waals surface area contributed by atoms with E-state index in [-0.39, 0.29) is 11.8 Å². The molecule has 1 aliphatic heterocycles. The van der Waals surface area contributed by atoms with Gasteiger partial charge in [0.05, 0.1) is 5.69 Å². The number of rotatable bonds is 2. The summed E-state index contributed by atoms with van der Waals surface area (Å²) < 4.78 is 3.37. The van der Waals surface area contributed by atoms with Gasteiger partial charge in [0.1, 0.15) is 5.82 Å². The van der Waals surface area contributed by atoms with Crippen LogP contribution in [0.3, 0.4) is 0 Å². The van der Waals surface area contributed by atoms with Gasteiger partial charge in [-0.05, 0) is 44.0 Å². The first-order valence-electron chi connectivity index (χ1n) is 9.17. The maximum Gasteiger partial charge on any atom is 0.226 e. The van der Waals surface area contributed by atoms with E-state index in [0.29, 0.717) is 29.5 Å². The molecule has 0 unspecified atom stereocenters. The number of hydrogen-bond acceptors (Lipinski definition) is 5. The second-order valence-electron chi connectivity index (χ2n) is 7.13. The van der Waals surface area contributed by atoms with Gasteiger partial charge in [0.15, 0.2) is 17.3 Å². The lowest BCUT2D eigenvalue weighted by atomic mass is 9.84. The summed E-state index contributed by atoms with van der Waals surface area (Å²) in [6.45, 7) is 5.89. The molecule has 3 aromatic heterocycles. The predicted molar refractivity (Wildman–Crippen MR) is 104 cm³/mol. The Hall–Kier alpha value is -3.55. The molecule has 1 amide bonds. The average Bonchev–Trinajstić information content (AvgIpc) is 3.21. The van der Waals surface area contributed by atoms with Crippen LogP contribution in [-0.4, -0.2) is 35.5 Å². The molecule has 4 heterocycles. The molecular formula is C20H19N7O. The Morgan fingerprint density at radius 3 is 2.68 bits per heavy atom. The zero-order valence-corrected chi connectivity index (χ0v) is 15.8. The maximum absolute atomic E-state index is 12.5. The lowest BCUT2D eigenvalue weighted by Crippen LogP contribution is -2.25. The quantitative estimate of drug-likeness (QED) is 0.583. The zero-order chi connectivity index (χ0) is 19.4. The van der Waals surface area contributed by atoms with Gasteiger partial charge in [0.25, 0.3) is 0 Å². The molecule has 8 nitrogen and oxygen atoms in total. The van der Waals surface area contributed by atoms with Crippen molar-refractivity contribution in [1.29, 1.82) is 0 Å². The molecule has 0 fully saturated rings. The van der Waals surface area contributed by atoms with Gasteiger partial charge in [-0.1, -0.05) is 24.3 Å². The van der Waals surface area contributed by atoms with Crippen molar-refractivity contribution in [3.63, 3.8) is 0 Å². The Labute approximate surface area is 161 Å². The predicted octanol–water partition coefficient (Wildman–Crippen LogP) is 2.71. The molecule has 0 radical (unpaired) electrons. The molecule has 1 aromatic carbocycles. The van der Waals surface area contributed by atoms with Crippen LogP contribution in [0.5, 0.6) is 0 Å². The van der Waals surface area contributed by atoms with E-state index >= 15 is 0 Å². The van der Waals surface area contributed by atoms with E-state index in [2.05, 4.69) is 39.7 Å². The fraction of sp³-hybridized carbons (Fsp3) is 0.250. The summed E-state index contributed by atoms with van der Waals surface area (Å²) in [7, 11) is 0. The monoisotopic (exact) mass is 373 g/mol. The van der Waals surface area contributed by atoms with Gasteiger partial charge in [0.2, 0.25) is 5.91 Å². The first-order valence-corrected chi connectivity index (χ1v) is 9.17. The Balaban J connectivity index is 1.70. The van der Waals surface area contributed by atoms with Crippen molar-refractivity contribution < 1.29 is 4.79 Å². The van der Waals surface area contributed by atoms with Gasteiger partial charge in [-0.25, -0.2) is 0 Å². The number of fused-ring (bicyclic) bond motifs is 2. The summed E-state index contributed by atoms with van der Waals surface area (Å²) in [6.07, 6.45) is 0.404. The van der Waals surface area contributed by atoms with E-state index in [9.17, 15) is 4.79 Å². The Bertz CT molecular complexity index is 1240. The molecule has 0 bridgehead atoms. The van der Waals surface area contributed by atoms with Crippen LogP contribution < -0.4 is 5.32 Å². The molecule has 0 saturated heterocycles. The van der Waals surface area contributed by atoms with Crippen molar-refractivity contribution >= 4 is 17.4 Å². The van der Waals surface area contributed by atoms with Gasteiger partial charge in [-0.15, -0.1) is 15.3 Å². The molecule has 28 heavy (non-hydrogen) atoms. The SMILES string of the molecule is Cc1ccccc1[C@H]1CC(=O)Nc2c1c(C)nn2-c1ccc2nnc(C)n2n1. The molecule has 4 aromatic rings. The van der Waals surface area contributed by atoms with E-state index in [1.807, 2.05) is 38.1 Å². The number of nitrogens with one attached hydrogen (secondary N) is 1. The van der Waals surface area contributed by atoms with Gasteiger partial charge in [0, 0.05) is 17.9 Å². The average molecular weight is 373 g/mol. The number of aryl methyl sites for hydroxylation is 3. The first-order chi connectivity index (χ1) is 13.5. The summed E-state index contributed by atoms with van der Waals surface area (Å²) in [5.74, 6) is 1.92. The number of nitrogens with zero attached hydrogens (tertiary/aromatic N) is 6. The molecular weight excluding hydrogens is 354 g/mol. The summed E-state index contributed by atoms with van der Waals surface area (Å²) in [5, 5.41) is 20.4. The highest BCUT2D eigenvalue weighted by molar-refractivity contribution is 5.95. The van der Waals surface area contributed by atoms with Crippen LogP contribution in [0.15, 0.2) is 36.4 Å². The molecule has 8 heteroatoms. The third-order valence-electron chi connectivity index (χ3n) is 5.29. The Morgan fingerprint density at radius 2 is 1.86 bits per heavy atom. The molecule has 5 rings (SSSR count). The van der Waals surface area contributed by atoms with E-state index in [4.69, 9.17) is 5.10 Å². The van der Waals surface area contributed by atoms with Crippen LogP contribution in [0.25, 0.3) is 11.5 Å². The molecule has 0 saturated carbocycles. The standard InChI is InChI=1S/C20H19N7O/c1-11-6-4-5-7-14(11)15-10-18(28)21-20-19(15)12(2)24-27(20)17-9-8-16-23-22-13(3)26(16)25-17/h4-9,15H,10H2,1-3H3,(H,21,28)/t15-/m1/s1. The van der Waals surface area contributed by atoms with Crippen LogP contribution in [0, 0.1) is 20.8 Å². The number of hydrogen-bond donors (Lipinski definition) is 1. The van der Waals surface area contributed by atoms with Crippen LogP contribution in [0.1, 0.15) is 40.5 Å². The second kappa shape index (κ2) is 5.98.